The predicted molar refractivity (Wildman–Crippen MR) is 51.4 cm³/mol. The zero-order valence-corrected chi connectivity index (χ0v) is 8.32. The zero-order chi connectivity index (χ0) is 8.55. The Morgan fingerprint density at radius 2 is 2.42 bits per heavy atom. The number of thiazole rings is 1. The van der Waals surface area contributed by atoms with Crippen molar-refractivity contribution in [3.8, 4) is 0 Å². The first kappa shape index (κ1) is 8.20. The number of hydrogen-bond donors (Lipinski definition) is 1. The SMILES string of the molecule is CNC(c1cnc(C)s1)C1CC1. The van der Waals surface area contributed by atoms with Crippen LogP contribution >= 0.6 is 11.3 Å². The minimum absolute atomic E-state index is 0.566. The van der Waals surface area contributed by atoms with Crippen LogP contribution < -0.4 is 5.32 Å². The molecule has 0 saturated heterocycles. The van der Waals surface area contributed by atoms with E-state index in [-0.39, 0.29) is 0 Å². The molecule has 1 aliphatic carbocycles. The molecule has 0 aromatic carbocycles. The molecule has 0 bridgehead atoms. The second kappa shape index (κ2) is 3.15. The highest BCUT2D eigenvalue weighted by Gasteiger charge is 2.32. The summed E-state index contributed by atoms with van der Waals surface area (Å²) in [4.78, 5) is 5.67. The van der Waals surface area contributed by atoms with E-state index in [0.717, 1.165) is 5.92 Å². The highest BCUT2D eigenvalue weighted by atomic mass is 32.1. The van der Waals surface area contributed by atoms with Gasteiger partial charge in [0.25, 0.3) is 0 Å². The maximum absolute atomic E-state index is 4.27. The summed E-state index contributed by atoms with van der Waals surface area (Å²) in [6.07, 6.45) is 4.77. The molecule has 66 valence electrons. The Morgan fingerprint density at radius 1 is 1.67 bits per heavy atom. The summed E-state index contributed by atoms with van der Waals surface area (Å²) < 4.78 is 0. The van der Waals surface area contributed by atoms with Crippen molar-refractivity contribution in [3.05, 3.63) is 16.1 Å². The topological polar surface area (TPSA) is 24.9 Å². The van der Waals surface area contributed by atoms with Crippen LogP contribution in [0.15, 0.2) is 6.20 Å². The Balaban J connectivity index is 2.15. The first-order valence-corrected chi connectivity index (χ1v) is 5.22. The van der Waals surface area contributed by atoms with Crippen LogP contribution in [0.2, 0.25) is 0 Å². The Bertz CT molecular complexity index is 265. The van der Waals surface area contributed by atoms with Crippen molar-refractivity contribution in [3.63, 3.8) is 0 Å². The molecular weight excluding hydrogens is 168 g/mol. The Labute approximate surface area is 77.0 Å². The molecule has 1 atom stereocenters. The molecule has 1 saturated carbocycles. The van der Waals surface area contributed by atoms with E-state index < -0.39 is 0 Å². The Morgan fingerprint density at radius 3 is 2.83 bits per heavy atom. The van der Waals surface area contributed by atoms with Crippen molar-refractivity contribution in [2.75, 3.05) is 7.05 Å². The summed E-state index contributed by atoms with van der Waals surface area (Å²) in [6.45, 7) is 2.06. The fourth-order valence-corrected chi connectivity index (χ4v) is 2.55. The number of rotatable bonds is 3. The smallest absolute Gasteiger partial charge is 0.0897 e. The van der Waals surface area contributed by atoms with Crippen LogP contribution in [-0.2, 0) is 0 Å². The molecule has 1 aromatic rings. The molecule has 0 spiro atoms. The van der Waals surface area contributed by atoms with Crippen molar-refractivity contribution in [1.82, 2.24) is 10.3 Å². The van der Waals surface area contributed by atoms with Crippen molar-refractivity contribution in [2.24, 2.45) is 5.92 Å². The summed E-state index contributed by atoms with van der Waals surface area (Å²) in [5.74, 6) is 0.870. The third kappa shape index (κ3) is 1.52. The van der Waals surface area contributed by atoms with Crippen LogP contribution in [0.25, 0.3) is 0 Å². The molecule has 1 unspecified atom stereocenters. The maximum atomic E-state index is 4.27. The molecule has 1 aromatic heterocycles. The third-order valence-electron chi connectivity index (χ3n) is 2.35. The van der Waals surface area contributed by atoms with Gasteiger partial charge in [-0.25, -0.2) is 4.98 Å². The van der Waals surface area contributed by atoms with Gasteiger partial charge in [0.2, 0.25) is 0 Å². The molecule has 12 heavy (non-hydrogen) atoms. The highest BCUT2D eigenvalue weighted by molar-refractivity contribution is 7.11. The molecule has 0 radical (unpaired) electrons. The minimum Gasteiger partial charge on any atom is -0.312 e. The van der Waals surface area contributed by atoms with Gasteiger partial charge in [-0.2, -0.15) is 0 Å². The van der Waals surface area contributed by atoms with E-state index in [1.54, 1.807) is 0 Å². The molecule has 3 heteroatoms. The lowest BCUT2D eigenvalue weighted by Crippen LogP contribution is -2.16. The van der Waals surface area contributed by atoms with Gasteiger partial charge in [-0.05, 0) is 32.7 Å². The molecule has 1 heterocycles. The van der Waals surface area contributed by atoms with E-state index in [4.69, 9.17) is 0 Å². The fraction of sp³-hybridized carbons (Fsp3) is 0.667. The maximum Gasteiger partial charge on any atom is 0.0897 e. The monoisotopic (exact) mass is 182 g/mol. The van der Waals surface area contributed by atoms with Crippen molar-refractivity contribution in [2.45, 2.75) is 25.8 Å². The number of aromatic nitrogens is 1. The van der Waals surface area contributed by atoms with Gasteiger partial charge in [-0.1, -0.05) is 0 Å². The average molecular weight is 182 g/mol. The molecule has 0 amide bonds. The van der Waals surface area contributed by atoms with Gasteiger partial charge in [-0.3, -0.25) is 0 Å². The van der Waals surface area contributed by atoms with Crippen LogP contribution in [0.4, 0.5) is 0 Å². The molecule has 2 nitrogen and oxygen atoms in total. The number of hydrogen-bond acceptors (Lipinski definition) is 3. The number of aryl methyl sites for hydroxylation is 1. The molecule has 1 N–H and O–H groups in total. The van der Waals surface area contributed by atoms with Crippen molar-refractivity contribution in [1.29, 1.82) is 0 Å². The minimum atomic E-state index is 0.566. The van der Waals surface area contributed by atoms with Gasteiger partial charge >= 0.3 is 0 Å². The van der Waals surface area contributed by atoms with E-state index in [1.165, 1.54) is 22.7 Å². The van der Waals surface area contributed by atoms with E-state index in [9.17, 15) is 0 Å². The molecule has 1 aliphatic rings. The largest absolute Gasteiger partial charge is 0.312 e. The quantitative estimate of drug-likeness (QED) is 0.774. The molecule has 0 aliphatic heterocycles. The molecular formula is C9H14N2S. The second-order valence-corrected chi connectivity index (χ2v) is 4.65. The average Bonchev–Trinajstić information content (AvgIpc) is 2.78. The standard InChI is InChI=1S/C9H14N2S/c1-6-11-5-8(12-6)9(10-2)7-3-4-7/h5,7,9-10H,3-4H2,1-2H3. The summed E-state index contributed by atoms with van der Waals surface area (Å²) in [5.41, 5.74) is 0. The van der Waals surface area contributed by atoms with E-state index >= 15 is 0 Å². The zero-order valence-electron chi connectivity index (χ0n) is 7.50. The van der Waals surface area contributed by atoms with Gasteiger partial charge in [0, 0.05) is 17.1 Å². The van der Waals surface area contributed by atoms with Gasteiger partial charge in [0.05, 0.1) is 5.01 Å². The van der Waals surface area contributed by atoms with Crippen LogP contribution in [0, 0.1) is 12.8 Å². The summed E-state index contributed by atoms with van der Waals surface area (Å²) >= 11 is 1.82. The summed E-state index contributed by atoms with van der Waals surface area (Å²) in [7, 11) is 2.04. The first-order valence-electron chi connectivity index (χ1n) is 4.41. The first-order chi connectivity index (χ1) is 5.81. The Hall–Kier alpha value is -0.410. The van der Waals surface area contributed by atoms with Crippen LogP contribution in [-0.4, -0.2) is 12.0 Å². The van der Waals surface area contributed by atoms with Crippen LogP contribution in [0.1, 0.15) is 28.8 Å². The second-order valence-electron chi connectivity index (χ2n) is 3.39. The van der Waals surface area contributed by atoms with Crippen molar-refractivity contribution < 1.29 is 0 Å². The Kier molecular flexibility index (Phi) is 2.15. The van der Waals surface area contributed by atoms with Gasteiger partial charge in [0.1, 0.15) is 0 Å². The number of nitrogens with zero attached hydrogens (tertiary/aromatic N) is 1. The van der Waals surface area contributed by atoms with Gasteiger partial charge in [0.15, 0.2) is 0 Å². The lowest BCUT2D eigenvalue weighted by Gasteiger charge is -2.11. The summed E-state index contributed by atoms with van der Waals surface area (Å²) in [6, 6.07) is 0.566. The predicted octanol–water partition coefficient (Wildman–Crippen LogP) is 2.12. The normalized spacial score (nSPS) is 19.5. The fourth-order valence-electron chi connectivity index (χ4n) is 1.56. The molecule has 1 fully saturated rings. The summed E-state index contributed by atoms with van der Waals surface area (Å²) in [5, 5.41) is 4.54. The van der Waals surface area contributed by atoms with E-state index in [2.05, 4.69) is 17.2 Å². The third-order valence-corrected chi connectivity index (χ3v) is 3.35. The lowest BCUT2D eigenvalue weighted by molar-refractivity contribution is 0.537. The van der Waals surface area contributed by atoms with Gasteiger partial charge in [-0.15, -0.1) is 11.3 Å². The van der Waals surface area contributed by atoms with E-state index in [1.807, 2.05) is 24.6 Å². The lowest BCUT2D eigenvalue weighted by atomic mass is 10.2. The van der Waals surface area contributed by atoms with Crippen LogP contribution in [0.5, 0.6) is 0 Å². The van der Waals surface area contributed by atoms with Crippen molar-refractivity contribution >= 4 is 11.3 Å². The number of nitrogens with one attached hydrogen (secondary N) is 1. The molecule has 2 rings (SSSR count). The van der Waals surface area contributed by atoms with E-state index in [0.29, 0.717) is 6.04 Å². The van der Waals surface area contributed by atoms with Crippen LogP contribution in [0.3, 0.4) is 0 Å². The highest BCUT2D eigenvalue weighted by Crippen LogP contribution is 2.42. The van der Waals surface area contributed by atoms with Gasteiger partial charge < -0.3 is 5.32 Å².